The van der Waals surface area contributed by atoms with Gasteiger partial charge in [0.05, 0.1) is 11.1 Å². The van der Waals surface area contributed by atoms with Gasteiger partial charge in [-0.05, 0) is 6.07 Å². The third-order valence-electron chi connectivity index (χ3n) is 1.61. The molecule has 2 N–H and O–H groups in total. The van der Waals surface area contributed by atoms with Crippen molar-refractivity contribution in [2.75, 3.05) is 0 Å². The predicted octanol–water partition coefficient (Wildman–Crippen LogP) is 3.17. The van der Waals surface area contributed by atoms with Crippen molar-refractivity contribution in [2.45, 2.75) is 12.5 Å². The summed E-state index contributed by atoms with van der Waals surface area (Å²) in [6.45, 7) is 0. The average molecular weight is 246 g/mol. The lowest BCUT2D eigenvalue weighted by Gasteiger charge is -2.11. The van der Waals surface area contributed by atoms with E-state index in [4.69, 9.17) is 17.3 Å². The Bertz CT molecular complexity index is 307. The van der Waals surface area contributed by atoms with E-state index in [-0.39, 0.29) is 23.0 Å². The van der Waals surface area contributed by atoms with Crippen molar-refractivity contribution in [1.82, 2.24) is 0 Å². The molecule has 1 rings (SSSR count). The van der Waals surface area contributed by atoms with Gasteiger partial charge in [-0.25, -0.2) is 13.2 Å². The normalized spacial score (nSPS) is 12.4. The van der Waals surface area contributed by atoms with E-state index in [0.717, 1.165) is 0 Å². The molecule has 0 heterocycles. The minimum atomic E-state index is -2.80. The van der Waals surface area contributed by atoms with Crippen LogP contribution in [0.5, 0.6) is 0 Å². The monoisotopic (exact) mass is 245 g/mol. The molecule has 1 aromatic rings. The molecule has 1 aromatic carbocycles. The smallest absolute Gasteiger partial charge is 0.257 e. The topological polar surface area (TPSA) is 26.0 Å². The van der Waals surface area contributed by atoms with Gasteiger partial charge in [0.25, 0.3) is 6.43 Å². The van der Waals surface area contributed by atoms with E-state index < -0.39 is 18.3 Å². The highest BCUT2D eigenvalue weighted by atomic mass is 35.5. The molecule has 0 aromatic heterocycles. The van der Waals surface area contributed by atoms with Crippen LogP contribution in [0.4, 0.5) is 13.2 Å². The first-order valence-corrected chi connectivity index (χ1v) is 3.89. The second-order valence-electron chi connectivity index (χ2n) is 2.50. The lowest BCUT2D eigenvalue weighted by molar-refractivity contribution is 0.115. The number of alkyl halides is 2. The quantitative estimate of drug-likeness (QED) is 0.852. The molecule has 6 heteroatoms. The molecule has 0 amide bonds. The standard InChI is InChI=1S/C8H7ClF3N.ClH/c9-5-3-1-2-4(6(5)10)7(13)8(11)12;/h1-3,7-8H,13H2;1H/t7-;/m0./s1. The van der Waals surface area contributed by atoms with E-state index in [1.54, 1.807) is 0 Å². The number of halogens is 5. The van der Waals surface area contributed by atoms with Crippen molar-refractivity contribution in [1.29, 1.82) is 0 Å². The van der Waals surface area contributed by atoms with Gasteiger partial charge in [-0.2, -0.15) is 0 Å². The van der Waals surface area contributed by atoms with Crippen LogP contribution in [0.3, 0.4) is 0 Å². The number of rotatable bonds is 2. The van der Waals surface area contributed by atoms with Gasteiger partial charge in [0.1, 0.15) is 5.82 Å². The Balaban J connectivity index is 0.00000169. The van der Waals surface area contributed by atoms with Gasteiger partial charge in [0, 0.05) is 5.56 Å². The van der Waals surface area contributed by atoms with E-state index >= 15 is 0 Å². The maximum atomic E-state index is 13.1. The zero-order valence-corrected chi connectivity index (χ0v) is 8.46. The molecule has 0 saturated heterocycles. The maximum Gasteiger partial charge on any atom is 0.257 e. The van der Waals surface area contributed by atoms with Crippen molar-refractivity contribution in [3.63, 3.8) is 0 Å². The van der Waals surface area contributed by atoms with Gasteiger partial charge >= 0.3 is 0 Å². The zero-order valence-electron chi connectivity index (χ0n) is 6.88. The summed E-state index contributed by atoms with van der Waals surface area (Å²) >= 11 is 5.39. The average Bonchev–Trinajstić information content (AvgIpc) is 2.08. The van der Waals surface area contributed by atoms with Crippen molar-refractivity contribution in [3.05, 3.63) is 34.6 Å². The largest absolute Gasteiger partial charge is 0.319 e. The highest BCUT2D eigenvalue weighted by molar-refractivity contribution is 6.30. The zero-order chi connectivity index (χ0) is 10.0. The maximum absolute atomic E-state index is 13.1. The highest BCUT2D eigenvalue weighted by Gasteiger charge is 2.21. The molecule has 80 valence electrons. The van der Waals surface area contributed by atoms with E-state index in [9.17, 15) is 13.2 Å². The second-order valence-corrected chi connectivity index (χ2v) is 2.91. The molecule has 1 nitrogen and oxygen atoms in total. The Morgan fingerprint density at radius 3 is 2.36 bits per heavy atom. The van der Waals surface area contributed by atoms with Crippen LogP contribution in [0.2, 0.25) is 5.02 Å². The molecular weight excluding hydrogens is 238 g/mol. The minimum Gasteiger partial charge on any atom is -0.319 e. The molecule has 14 heavy (non-hydrogen) atoms. The summed E-state index contributed by atoms with van der Waals surface area (Å²) in [6.07, 6.45) is -2.80. The molecule has 0 spiro atoms. The van der Waals surface area contributed by atoms with Crippen LogP contribution < -0.4 is 5.73 Å². The number of nitrogens with two attached hydrogens (primary N) is 1. The van der Waals surface area contributed by atoms with Crippen molar-refractivity contribution >= 4 is 24.0 Å². The summed E-state index contributed by atoms with van der Waals surface area (Å²) in [6, 6.07) is 2.22. The first-order valence-electron chi connectivity index (χ1n) is 3.51. The van der Waals surface area contributed by atoms with Crippen LogP contribution in [0.15, 0.2) is 18.2 Å². The van der Waals surface area contributed by atoms with Crippen LogP contribution in [0.1, 0.15) is 11.6 Å². The highest BCUT2D eigenvalue weighted by Crippen LogP contribution is 2.25. The fourth-order valence-corrected chi connectivity index (χ4v) is 1.10. The molecular formula is C8H8Cl2F3N. The number of hydrogen-bond donors (Lipinski definition) is 1. The van der Waals surface area contributed by atoms with E-state index in [1.807, 2.05) is 0 Å². The van der Waals surface area contributed by atoms with Gasteiger partial charge in [-0.1, -0.05) is 23.7 Å². The van der Waals surface area contributed by atoms with Crippen molar-refractivity contribution in [2.24, 2.45) is 5.73 Å². The third kappa shape index (κ3) is 2.77. The molecule has 0 saturated carbocycles. The molecule has 0 fully saturated rings. The SMILES string of the molecule is Cl.N[C@@H](c1cccc(Cl)c1F)C(F)F. The van der Waals surface area contributed by atoms with Gasteiger partial charge in [-0.15, -0.1) is 12.4 Å². The Hall–Kier alpha value is -0.450. The van der Waals surface area contributed by atoms with Gasteiger partial charge in [-0.3, -0.25) is 0 Å². The summed E-state index contributed by atoms with van der Waals surface area (Å²) in [4.78, 5) is 0. The third-order valence-corrected chi connectivity index (χ3v) is 1.90. The summed E-state index contributed by atoms with van der Waals surface area (Å²) in [7, 11) is 0. The van der Waals surface area contributed by atoms with Gasteiger partial charge in [0.2, 0.25) is 0 Å². The molecule has 0 aliphatic rings. The van der Waals surface area contributed by atoms with E-state index in [0.29, 0.717) is 0 Å². The molecule has 1 atom stereocenters. The van der Waals surface area contributed by atoms with E-state index in [1.165, 1.54) is 18.2 Å². The molecule has 0 aliphatic heterocycles. The van der Waals surface area contributed by atoms with Crippen molar-refractivity contribution in [3.8, 4) is 0 Å². The van der Waals surface area contributed by atoms with Crippen molar-refractivity contribution < 1.29 is 13.2 Å². The summed E-state index contributed by atoms with van der Waals surface area (Å²) in [5.74, 6) is -0.878. The van der Waals surface area contributed by atoms with E-state index in [2.05, 4.69) is 0 Å². The van der Waals surface area contributed by atoms with Crippen LogP contribution in [-0.2, 0) is 0 Å². The summed E-state index contributed by atoms with van der Waals surface area (Å²) < 4.78 is 37.2. The Morgan fingerprint density at radius 2 is 1.86 bits per heavy atom. The molecule has 0 bridgehead atoms. The Kier molecular flexibility index (Phi) is 5.26. The second kappa shape index (κ2) is 5.44. The first kappa shape index (κ1) is 13.5. The molecule has 0 radical (unpaired) electrons. The first-order chi connectivity index (χ1) is 6.04. The number of benzene rings is 1. The Labute approximate surface area is 90.5 Å². The minimum absolute atomic E-state index is 0. The van der Waals surface area contributed by atoms with Crippen LogP contribution in [0.25, 0.3) is 0 Å². The lowest BCUT2D eigenvalue weighted by Crippen LogP contribution is -2.20. The molecule has 0 aliphatic carbocycles. The van der Waals surface area contributed by atoms with Gasteiger partial charge < -0.3 is 5.73 Å². The summed E-state index contributed by atoms with van der Waals surface area (Å²) in [5, 5.41) is -0.200. The predicted molar refractivity (Wildman–Crippen MR) is 51.6 cm³/mol. The fraction of sp³-hybridized carbons (Fsp3) is 0.250. The Morgan fingerprint density at radius 1 is 1.29 bits per heavy atom. The molecule has 0 unspecified atom stereocenters. The van der Waals surface area contributed by atoms with Crippen LogP contribution in [-0.4, -0.2) is 6.43 Å². The van der Waals surface area contributed by atoms with Gasteiger partial charge in [0.15, 0.2) is 0 Å². The van der Waals surface area contributed by atoms with Crippen LogP contribution >= 0.6 is 24.0 Å². The summed E-state index contributed by atoms with van der Waals surface area (Å²) in [5.41, 5.74) is 4.80. The number of hydrogen-bond acceptors (Lipinski definition) is 1. The lowest BCUT2D eigenvalue weighted by atomic mass is 10.1. The van der Waals surface area contributed by atoms with Crippen LogP contribution in [0, 0.1) is 5.82 Å². The fourth-order valence-electron chi connectivity index (χ4n) is 0.914.